The lowest BCUT2D eigenvalue weighted by atomic mass is 9.66. The average Bonchev–Trinajstić information content (AvgIpc) is 3.36. The molecule has 1 aliphatic carbocycles. The van der Waals surface area contributed by atoms with Crippen molar-refractivity contribution in [2.45, 2.75) is 67.4 Å². The molecular weight excluding hydrogens is 494 g/mol. The Bertz CT molecular complexity index is 1220. The number of nitriles is 1. The molecule has 0 bridgehead atoms. The number of methoxy groups -OCH3 is 1. The van der Waals surface area contributed by atoms with Crippen molar-refractivity contribution in [1.29, 1.82) is 5.26 Å². The average molecular weight is 530 g/mol. The summed E-state index contributed by atoms with van der Waals surface area (Å²) in [5.41, 5.74) is 4.22. The van der Waals surface area contributed by atoms with Gasteiger partial charge in [0.05, 0.1) is 18.1 Å². The van der Waals surface area contributed by atoms with Gasteiger partial charge in [-0.05, 0) is 54.5 Å². The zero-order chi connectivity index (χ0) is 27.3. The molecule has 0 aromatic heterocycles. The van der Waals surface area contributed by atoms with Crippen LogP contribution in [0.4, 0.5) is 4.79 Å². The molecule has 0 saturated heterocycles. The predicted octanol–water partition coefficient (Wildman–Crippen LogP) is 3.82. The van der Waals surface area contributed by atoms with Gasteiger partial charge >= 0.3 is 6.09 Å². The van der Waals surface area contributed by atoms with Crippen LogP contribution in [0.2, 0.25) is 0 Å². The number of carboxylic acid groups (broad SMARTS) is 1. The summed E-state index contributed by atoms with van der Waals surface area (Å²) in [5, 5.41) is 33.9. The number of ether oxygens (including phenoxy) is 1. The van der Waals surface area contributed by atoms with Gasteiger partial charge in [-0.15, -0.1) is 0 Å². The van der Waals surface area contributed by atoms with E-state index in [1.807, 2.05) is 0 Å². The lowest BCUT2D eigenvalue weighted by Gasteiger charge is -2.52. The fourth-order valence-electron chi connectivity index (χ4n) is 5.86. The Morgan fingerprint density at radius 2 is 1.78 bits per heavy atom. The van der Waals surface area contributed by atoms with Gasteiger partial charge < -0.3 is 20.7 Å². The summed E-state index contributed by atoms with van der Waals surface area (Å²) in [5.74, 6) is -0.604. The molecule has 0 aliphatic heterocycles. The molecule has 200 valence electrons. The first-order valence-electron chi connectivity index (χ1n) is 12.3. The smallest absolute Gasteiger partial charge is 0.406 e. The quantitative estimate of drug-likeness (QED) is 0.319. The Hall–Kier alpha value is -3.13. The maximum atomic E-state index is 14.4. The summed E-state index contributed by atoms with van der Waals surface area (Å²) in [6.45, 7) is 1.61. The monoisotopic (exact) mass is 529 g/mol. The number of hydrogen-bond acceptors (Lipinski definition) is 7. The fraction of sp³-hybridized carbons (Fsp3) is 0.481. The maximum absolute atomic E-state index is 14.4. The summed E-state index contributed by atoms with van der Waals surface area (Å²) < 4.78 is 34.0. The van der Waals surface area contributed by atoms with Crippen LogP contribution in [0.15, 0.2) is 59.5 Å². The molecule has 0 heterocycles. The van der Waals surface area contributed by atoms with Crippen molar-refractivity contribution >= 4 is 15.9 Å². The number of nitrogens with zero attached hydrogens (tertiary/aromatic N) is 1. The SMILES string of the molecule is COc1ccc(S(=O)(=O)[C@](O)(C(C)C2(CCC#N)CCCC2)[C@](N)(Cc2ccccc2)NC(=O)O)cc1. The Morgan fingerprint density at radius 1 is 1.19 bits per heavy atom. The highest BCUT2D eigenvalue weighted by Gasteiger charge is 2.65. The molecule has 2 aromatic rings. The molecule has 9 nitrogen and oxygen atoms in total. The third-order valence-corrected chi connectivity index (χ3v) is 10.3. The Balaban J connectivity index is 2.29. The van der Waals surface area contributed by atoms with Crippen molar-refractivity contribution in [3.63, 3.8) is 0 Å². The van der Waals surface area contributed by atoms with E-state index in [9.17, 15) is 28.7 Å². The number of amides is 1. The normalized spacial score (nSPS) is 19.1. The summed E-state index contributed by atoms with van der Waals surface area (Å²) in [6.07, 6.45) is 1.46. The molecule has 37 heavy (non-hydrogen) atoms. The van der Waals surface area contributed by atoms with Crippen LogP contribution >= 0.6 is 0 Å². The highest BCUT2D eigenvalue weighted by molar-refractivity contribution is 7.92. The zero-order valence-electron chi connectivity index (χ0n) is 21.2. The summed E-state index contributed by atoms with van der Waals surface area (Å²) in [7, 11) is -3.24. The Morgan fingerprint density at radius 3 is 2.30 bits per heavy atom. The van der Waals surface area contributed by atoms with Gasteiger partial charge in [0.2, 0.25) is 14.8 Å². The van der Waals surface area contributed by atoms with Crippen LogP contribution in [0.3, 0.4) is 0 Å². The molecule has 3 atom stereocenters. The van der Waals surface area contributed by atoms with Crippen LogP contribution < -0.4 is 15.8 Å². The standard InChI is InChI=1S/C27H35N3O6S/c1-20(25(17-8-18-28)15-6-7-16-25)27(33,37(34,35)23-13-11-22(36-2)12-14-23)26(29,30-24(31)32)19-21-9-4-3-5-10-21/h3-5,9-14,20,30,33H,6-8,15-17,19,29H2,1-2H3,(H,31,32)/t20?,26-,27+/m0/s1. The van der Waals surface area contributed by atoms with E-state index >= 15 is 0 Å². The molecule has 5 N–H and O–H groups in total. The highest BCUT2D eigenvalue weighted by atomic mass is 32.2. The molecule has 0 spiro atoms. The molecule has 3 rings (SSSR count). The molecule has 1 fully saturated rings. The van der Waals surface area contributed by atoms with E-state index in [1.165, 1.54) is 31.4 Å². The number of nitrogens with one attached hydrogen (secondary N) is 1. The van der Waals surface area contributed by atoms with E-state index in [-0.39, 0.29) is 17.7 Å². The van der Waals surface area contributed by atoms with E-state index < -0.39 is 37.9 Å². The number of nitrogens with two attached hydrogens (primary N) is 1. The molecule has 0 radical (unpaired) electrons. The first-order chi connectivity index (χ1) is 17.5. The molecule has 1 unspecified atom stereocenters. The third kappa shape index (κ3) is 5.30. The minimum Gasteiger partial charge on any atom is -0.497 e. The molecule has 1 saturated carbocycles. The van der Waals surface area contributed by atoms with Crippen molar-refractivity contribution in [2.75, 3.05) is 7.11 Å². The van der Waals surface area contributed by atoms with Gasteiger partial charge in [0.1, 0.15) is 11.4 Å². The van der Waals surface area contributed by atoms with Crippen LogP contribution in [-0.4, -0.2) is 42.4 Å². The topological polar surface area (TPSA) is 163 Å². The van der Waals surface area contributed by atoms with Crippen LogP contribution in [-0.2, 0) is 16.3 Å². The molecule has 2 aromatic carbocycles. The van der Waals surface area contributed by atoms with E-state index in [4.69, 9.17) is 10.5 Å². The van der Waals surface area contributed by atoms with E-state index in [1.54, 1.807) is 37.3 Å². The number of sulfone groups is 1. The highest BCUT2D eigenvalue weighted by Crippen LogP contribution is 2.55. The zero-order valence-corrected chi connectivity index (χ0v) is 22.0. The van der Waals surface area contributed by atoms with Crippen molar-refractivity contribution in [2.24, 2.45) is 17.1 Å². The maximum Gasteiger partial charge on any atom is 0.406 e. The van der Waals surface area contributed by atoms with E-state index in [0.717, 1.165) is 12.8 Å². The molecular formula is C27H35N3O6S. The third-order valence-electron chi connectivity index (χ3n) is 7.91. The summed E-state index contributed by atoms with van der Waals surface area (Å²) in [4.78, 5) is 9.05. The van der Waals surface area contributed by atoms with Crippen LogP contribution in [0.25, 0.3) is 0 Å². The fourth-order valence-corrected chi connectivity index (χ4v) is 8.03. The summed E-state index contributed by atoms with van der Waals surface area (Å²) in [6, 6.07) is 16.3. The first-order valence-corrected chi connectivity index (χ1v) is 13.8. The second-order valence-electron chi connectivity index (χ2n) is 9.89. The molecule has 1 amide bonds. The van der Waals surface area contributed by atoms with Gasteiger partial charge in [-0.25, -0.2) is 13.2 Å². The number of benzene rings is 2. The Kier molecular flexibility index (Phi) is 8.52. The number of hydrogen-bond donors (Lipinski definition) is 4. The van der Waals surface area contributed by atoms with Gasteiger partial charge in [0, 0.05) is 18.8 Å². The van der Waals surface area contributed by atoms with Crippen LogP contribution in [0.1, 0.15) is 51.0 Å². The van der Waals surface area contributed by atoms with Gasteiger partial charge in [-0.1, -0.05) is 50.1 Å². The number of aliphatic hydroxyl groups is 1. The minimum absolute atomic E-state index is 0.172. The van der Waals surface area contributed by atoms with Crippen LogP contribution in [0.5, 0.6) is 5.75 Å². The first kappa shape index (κ1) is 28.4. The largest absolute Gasteiger partial charge is 0.497 e. The van der Waals surface area contributed by atoms with Gasteiger partial charge in [0.25, 0.3) is 0 Å². The van der Waals surface area contributed by atoms with E-state index in [2.05, 4.69) is 11.4 Å². The van der Waals surface area contributed by atoms with Gasteiger partial charge in [0.15, 0.2) is 0 Å². The van der Waals surface area contributed by atoms with Crippen molar-refractivity contribution in [1.82, 2.24) is 5.32 Å². The van der Waals surface area contributed by atoms with Crippen molar-refractivity contribution in [3.8, 4) is 11.8 Å². The second kappa shape index (κ2) is 11.1. The number of rotatable bonds is 11. The lowest BCUT2D eigenvalue weighted by molar-refractivity contribution is -0.0691. The molecule has 1 aliphatic rings. The predicted molar refractivity (Wildman–Crippen MR) is 138 cm³/mol. The van der Waals surface area contributed by atoms with Crippen molar-refractivity contribution in [3.05, 3.63) is 60.2 Å². The van der Waals surface area contributed by atoms with Gasteiger partial charge in [-0.3, -0.25) is 5.32 Å². The summed E-state index contributed by atoms with van der Waals surface area (Å²) >= 11 is 0. The molecule has 10 heteroatoms. The van der Waals surface area contributed by atoms with Crippen molar-refractivity contribution < 1.29 is 28.2 Å². The van der Waals surface area contributed by atoms with E-state index in [0.29, 0.717) is 30.6 Å². The Labute approximate surface area is 218 Å². The minimum atomic E-state index is -4.68. The number of carbonyl (C=O) groups is 1. The van der Waals surface area contributed by atoms with Gasteiger partial charge in [-0.2, -0.15) is 5.26 Å². The van der Waals surface area contributed by atoms with Crippen LogP contribution in [0, 0.1) is 22.7 Å². The lowest BCUT2D eigenvalue weighted by Crippen LogP contribution is -2.77. The second-order valence-corrected chi connectivity index (χ2v) is 12.0.